The molecule has 0 N–H and O–H groups in total. The minimum atomic E-state index is -0.339. The topological polar surface area (TPSA) is 26.3 Å². The number of halogens is 3. The van der Waals surface area contributed by atoms with E-state index >= 15 is 0 Å². The Morgan fingerprint density at radius 1 is 1.64 bits per heavy atom. The fourth-order valence-electron chi connectivity index (χ4n) is 0.999. The third-order valence-electron chi connectivity index (χ3n) is 1.70. The highest BCUT2D eigenvalue weighted by molar-refractivity contribution is 14.1. The van der Waals surface area contributed by atoms with Crippen molar-refractivity contribution in [2.24, 2.45) is 0 Å². The molecule has 0 radical (unpaired) electrons. The van der Waals surface area contributed by atoms with Crippen LogP contribution in [0.25, 0.3) is 0 Å². The summed E-state index contributed by atoms with van der Waals surface area (Å²) in [7, 11) is 1.36. The standard InChI is InChI=1S/C9H7BrClIO2/c1-14-9(13)6-3-8(12)7(11)2-5(6)4-10/h2-3H,4H2,1H3. The first-order valence-electron chi connectivity index (χ1n) is 3.72. The Labute approximate surface area is 109 Å². The van der Waals surface area contributed by atoms with Gasteiger partial charge in [-0.25, -0.2) is 4.79 Å². The van der Waals surface area contributed by atoms with E-state index in [-0.39, 0.29) is 5.97 Å². The lowest BCUT2D eigenvalue weighted by atomic mass is 10.1. The maximum Gasteiger partial charge on any atom is 0.338 e. The molecular formula is C9H7BrClIO2. The van der Waals surface area contributed by atoms with Crippen LogP contribution in [0.2, 0.25) is 5.02 Å². The van der Waals surface area contributed by atoms with Gasteiger partial charge in [0.1, 0.15) is 0 Å². The summed E-state index contributed by atoms with van der Waals surface area (Å²) in [5.74, 6) is -0.339. The molecule has 0 aliphatic heterocycles. The Balaban J connectivity index is 3.27. The third-order valence-corrected chi connectivity index (χ3v) is 3.82. The quantitative estimate of drug-likeness (QED) is 0.439. The Kier molecular flexibility index (Phi) is 4.66. The summed E-state index contributed by atoms with van der Waals surface area (Å²) in [4.78, 5) is 11.4. The van der Waals surface area contributed by atoms with Crippen LogP contribution in [0.3, 0.4) is 0 Å². The van der Waals surface area contributed by atoms with Crippen LogP contribution in [0.5, 0.6) is 0 Å². The Morgan fingerprint density at radius 2 is 2.29 bits per heavy atom. The molecule has 0 fully saturated rings. The molecule has 1 aromatic carbocycles. The summed E-state index contributed by atoms with van der Waals surface area (Å²) < 4.78 is 5.51. The molecule has 0 aliphatic carbocycles. The van der Waals surface area contributed by atoms with E-state index in [2.05, 4.69) is 43.3 Å². The lowest BCUT2D eigenvalue weighted by Crippen LogP contribution is -2.05. The predicted octanol–water partition coefficient (Wildman–Crippen LogP) is 3.63. The van der Waals surface area contributed by atoms with Crippen molar-refractivity contribution in [3.63, 3.8) is 0 Å². The van der Waals surface area contributed by atoms with Crippen molar-refractivity contribution in [1.82, 2.24) is 0 Å². The maximum atomic E-state index is 11.4. The highest BCUT2D eigenvalue weighted by atomic mass is 127. The average Bonchev–Trinajstić information content (AvgIpc) is 2.20. The summed E-state index contributed by atoms with van der Waals surface area (Å²) in [6, 6.07) is 3.50. The summed E-state index contributed by atoms with van der Waals surface area (Å²) in [5.41, 5.74) is 1.39. The second-order valence-corrected chi connectivity index (χ2v) is 4.68. The normalized spacial score (nSPS) is 10.0. The number of hydrogen-bond acceptors (Lipinski definition) is 2. The van der Waals surface area contributed by atoms with Gasteiger partial charge in [-0.15, -0.1) is 0 Å². The Morgan fingerprint density at radius 3 is 2.79 bits per heavy atom. The molecule has 0 amide bonds. The van der Waals surface area contributed by atoms with Crippen LogP contribution >= 0.6 is 50.1 Å². The van der Waals surface area contributed by atoms with E-state index < -0.39 is 0 Å². The zero-order valence-corrected chi connectivity index (χ0v) is 11.8. The van der Waals surface area contributed by atoms with E-state index in [9.17, 15) is 4.79 Å². The first-order valence-corrected chi connectivity index (χ1v) is 6.30. The molecule has 0 aliphatic rings. The van der Waals surface area contributed by atoms with Crippen molar-refractivity contribution >= 4 is 56.1 Å². The number of carbonyl (C=O) groups is 1. The predicted molar refractivity (Wildman–Crippen MR) is 68.1 cm³/mol. The van der Waals surface area contributed by atoms with E-state index in [0.29, 0.717) is 15.9 Å². The lowest BCUT2D eigenvalue weighted by Gasteiger charge is -2.07. The number of benzene rings is 1. The first kappa shape index (κ1) is 12.3. The van der Waals surface area contributed by atoms with Crippen LogP contribution in [-0.2, 0) is 10.1 Å². The second-order valence-electron chi connectivity index (χ2n) is 2.55. The van der Waals surface area contributed by atoms with Crippen molar-refractivity contribution < 1.29 is 9.53 Å². The molecular weight excluding hydrogens is 382 g/mol. The van der Waals surface area contributed by atoms with Crippen LogP contribution in [-0.4, -0.2) is 13.1 Å². The summed E-state index contributed by atoms with van der Waals surface area (Å²) in [5, 5.41) is 1.22. The Hall–Kier alpha value is 0.190. The van der Waals surface area contributed by atoms with Crippen molar-refractivity contribution in [3.8, 4) is 0 Å². The van der Waals surface area contributed by atoms with E-state index in [0.717, 1.165) is 9.13 Å². The zero-order valence-electron chi connectivity index (χ0n) is 7.31. The van der Waals surface area contributed by atoms with Gasteiger partial charge in [-0.3, -0.25) is 0 Å². The molecule has 0 aromatic heterocycles. The molecule has 0 atom stereocenters. The molecule has 14 heavy (non-hydrogen) atoms. The molecule has 1 rings (SSSR count). The van der Waals surface area contributed by atoms with Crippen LogP contribution in [0.4, 0.5) is 0 Å². The fourth-order valence-corrected chi connectivity index (χ4v) is 2.12. The van der Waals surface area contributed by atoms with Crippen LogP contribution in [0.15, 0.2) is 12.1 Å². The van der Waals surface area contributed by atoms with Crippen LogP contribution in [0.1, 0.15) is 15.9 Å². The van der Waals surface area contributed by atoms with Crippen LogP contribution in [0, 0.1) is 3.57 Å². The molecule has 2 nitrogen and oxygen atoms in total. The van der Waals surface area contributed by atoms with Gasteiger partial charge in [0.25, 0.3) is 0 Å². The van der Waals surface area contributed by atoms with Crippen LogP contribution < -0.4 is 0 Å². The smallest absolute Gasteiger partial charge is 0.338 e. The van der Waals surface area contributed by atoms with Gasteiger partial charge >= 0.3 is 5.97 Å². The molecule has 0 saturated heterocycles. The van der Waals surface area contributed by atoms with Gasteiger partial charge in [-0.1, -0.05) is 27.5 Å². The maximum absolute atomic E-state index is 11.4. The summed E-state index contributed by atoms with van der Waals surface area (Å²) in [6.07, 6.45) is 0. The van der Waals surface area contributed by atoms with Gasteiger partial charge in [-0.05, 0) is 40.3 Å². The van der Waals surface area contributed by atoms with Crippen molar-refractivity contribution in [3.05, 3.63) is 31.9 Å². The van der Waals surface area contributed by atoms with E-state index in [1.54, 1.807) is 12.1 Å². The van der Waals surface area contributed by atoms with Gasteiger partial charge in [-0.2, -0.15) is 0 Å². The van der Waals surface area contributed by atoms with E-state index in [1.165, 1.54) is 7.11 Å². The Bertz CT molecular complexity index is 368. The first-order chi connectivity index (χ1) is 6.60. The highest BCUT2D eigenvalue weighted by Gasteiger charge is 2.13. The van der Waals surface area contributed by atoms with Gasteiger partial charge in [0.2, 0.25) is 0 Å². The number of ether oxygens (including phenoxy) is 1. The van der Waals surface area contributed by atoms with Crippen molar-refractivity contribution in [2.45, 2.75) is 5.33 Å². The number of carbonyl (C=O) groups excluding carboxylic acids is 1. The van der Waals surface area contributed by atoms with Gasteiger partial charge in [0.05, 0.1) is 17.7 Å². The summed E-state index contributed by atoms with van der Waals surface area (Å²) in [6.45, 7) is 0. The van der Waals surface area contributed by atoms with Gasteiger partial charge in [0, 0.05) is 8.90 Å². The van der Waals surface area contributed by atoms with E-state index in [4.69, 9.17) is 11.6 Å². The highest BCUT2D eigenvalue weighted by Crippen LogP contribution is 2.25. The minimum absolute atomic E-state index is 0.339. The molecule has 0 heterocycles. The molecule has 0 bridgehead atoms. The monoisotopic (exact) mass is 388 g/mol. The van der Waals surface area contributed by atoms with Gasteiger partial charge < -0.3 is 4.74 Å². The molecule has 0 saturated carbocycles. The number of esters is 1. The molecule has 0 unspecified atom stereocenters. The lowest BCUT2D eigenvalue weighted by molar-refractivity contribution is 0.0600. The molecule has 0 spiro atoms. The average molecular weight is 389 g/mol. The number of hydrogen-bond donors (Lipinski definition) is 0. The van der Waals surface area contributed by atoms with E-state index in [1.807, 2.05) is 0 Å². The molecule has 1 aromatic rings. The number of rotatable bonds is 2. The number of alkyl halides is 1. The SMILES string of the molecule is COC(=O)c1cc(I)c(Cl)cc1CBr. The second kappa shape index (κ2) is 5.32. The summed E-state index contributed by atoms with van der Waals surface area (Å²) >= 11 is 11.3. The largest absolute Gasteiger partial charge is 0.465 e. The van der Waals surface area contributed by atoms with Gasteiger partial charge in [0.15, 0.2) is 0 Å². The van der Waals surface area contributed by atoms with Crippen molar-refractivity contribution in [2.75, 3.05) is 7.11 Å². The zero-order chi connectivity index (χ0) is 10.7. The minimum Gasteiger partial charge on any atom is -0.465 e. The molecule has 76 valence electrons. The van der Waals surface area contributed by atoms with Crippen molar-refractivity contribution in [1.29, 1.82) is 0 Å². The number of methoxy groups -OCH3 is 1. The fraction of sp³-hybridized carbons (Fsp3) is 0.222. The molecule has 5 heteroatoms. The third kappa shape index (κ3) is 2.61.